The second-order valence-electron chi connectivity index (χ2n) is 4.23. The van der Waals surface area contributed by atoms with Crippen molar-refractivity contribution < 1.29 is 0 Å². The second-order valence-corrected chi connectivity index (χ2v) is 4.79. The highest BCUT2D eigenvalue weighted by Gasteiger charge is 2.25. The van der Waals surface area contributed by atoms with Crippen LogP contribution in [0.1, 0.15) is 19.0 Å². The Morgan fingerprint density at radius 1 is 1.53 bits per heavy atom. The topological polar surface area (TPSA) is 29.0 Å². The Labute approximate surface area is 95.5 Å². The van der Waals surface area contributed by atoms with Gasteiger partial charge in [-0.25, -0.2) is 9.97 Å². The molecule has 1 aromatic heterocycles. The van der Waals surface area contributed by atoms with Gasteiger partial charge in [0.25, 0.3) is 0 Å². The second kappa shape index (κ2) is 4.35. The van der Waals surface area contributed by atoms with Gasteiger partial charge in [0.05, 0.1) is 5.38 Å². The van der Waals surface area contributed by atoms with Crippen molar-refractivity contribution in [3.63, 3.8) is 0 Å². The van der Waals surface area contributed by atoms with Crippen molar-refractivity contribution in [3.05, 3.63) is 18.0 Å². The van der Waals surface area contributed by atoms with Gasteiger partial charge in [0, 0.05) is 25.0 Å². The molecule has 0 radical (unpaired) electrons. The normalized spacial score (nSPS) is 26.7. The molecule has 2 heterocycles. The van der Waals surface area contributed by atoms with Crippen LogP contribution in [0.25, 0.3) is 0 Å². The summed E-state index contributed by atoms with van der Waals surface area (Å²) in [5, 5.41) is 0.211. The first-order valence-corrected chi connectivity index (χ1v) is 5.79. The van der Waals surface area contributed by atoms with E-state index in [2.05, 4.69) is 21.8 Å². The van der Waals surface area contributed by atoms with Gasteiger partial charge in [0.1, 0.15) is 0 Å². The lowest BCUT2D eigenvalue weighted by atomic mass is 9.99. The maximum atomic E-state index is 6.25. The minimum Gasteiger partial charge on any atom is -0.339 e. The molecule has 1 aromatic rings. The Morgan fingerprint density at radius 2 is 2.33 bits per heavy atom. The molecule has 0 aliphatic carbocycles. The predicted octanol–water partition coefficient (Wildman–Crippen LogP) is 2.24. The molecule has 15 heavy (non-hydrogen) atoms. The van der Waals surface area contributed by atoms with Crippen LogP contribution in [0, 0.1) is 12.8 Å². The van der Waals surface area contributed by atoms with Crippen molar-refractivity contribution in [3.8, 4) is 0 Å². The number of anilines is 1. The molecule has 4 heteroatoms. The van der Waals surface area contributed by atoms with Gasteiger partial charge in [-0.2, -0.15) is 0 Å². The molecule has 1 aliphatic rings. The summed E-state index contributed by atoms with van der Waals surface area (Å²) in [5.41, 5.74) is 1.00. The minimum atomic E-state index is 0.211. The zero-order valence-corrected chi connectivity index (χ0v) is 9.91. The van der Waals surface area contributed by atoms with E-state index in [9.17, 15) is 0 Å². The van der Waals surface area contributed by atoms with E-state index in [0.29, 0.717) is 5.92 Å². The molecule has 0 spiro atoms. The Hall–Kier alpha value is -0.830. The Bertz CT molecular complexity index is 342. The molecule has 2 unspecified atom stereocenters. The van der Waals surface area contributed by atoms with Crippen LogP contribution >= 0.6 is 11.6 Å². The van der Waals surface area contributed by atoms with E-state index in [-0.39, 0.29) is 5.38 Å². The van der Waals surface area contributed by atoms with Crippen LogP contribution in [-0.4, -0.2) is 28.4 Å². The lowest BCUT2D eigenvalue weighted by Crippen LogP contribution is -2.41. The largest absolute Gasteiger partial charge is 0.339 e. The van der Waals surface area contributed by atoms with Gasteiger partial charge >= 0.3 is 0 Å². The molecule has 2 atom stereocenters. The number of alkyl halides is 1. The van der Waals surface area contributed by atoms with Crippen molar-refractivity contribution in [1.82, 2.24) is 9.97 Å². The highest BCUT2D eigenvalue weighted by Crippen LogP contribution is 2.24. The zero-order chi connectivity index (χ0) is 10.8. The lowest BCUT2D eigenvalue weighted by molar-refractivity contribution is 0.441. The first-order chi connectivity index (χ1) is 7.16. The van der Waals surface area contributed by atoms with E-state index in [0.717, 1.165) is 31.2 Å². The number of aryl methyl sites for hydroxylation is 1. The van der Waals surface area contributed by atoms with Crippen LogP contribution in [0.3, 0.4) is 0 Å². The molecular weight excluding hydrogens is 210 g/mol. The van der Waals surface area contributed by atoms with E-state index in [4.69, 9.17) is 11.6 Å². The summed E-state index contributed by atoms with van der Waals surface area (Å²) in [5.74, 6) is 1.40. The van der Waals surface area contributed by atoms with Crippen LogP contribution < -0.4 is 4.90 Å². The highest BCUT2D eigenvalue weighted by molar-refractivity contribution is 6.21. The van der Waals surface area contributed by atoms with Gasteiger partial charge < -0.3 is 4.90 Å². The lowest BCUT2D eigenvalue weighted by Gasteiger charge is -2.33. The fourth-order valence-corrected chi connectivity index (χ4v) is 2.08. The van der Waals surface area contributed by atoms with Gasteiger partial charge in [0.2, 0.25) is 5.95 Å². The number of piperidine rings is 1. The quantitative estimate of drug-likeness (QED) is 0.687. The molecule has 1 saturated heterocycles. The third-order valence-electron chi connectivity index (χ3n) is 2.93. The molecule has 82 valence electrons. The average molecular weight is 226 g/mol. The van der Waals surface area contributed by atoms with Crippen molar-refractivity contribution in [1.29, 1.82) is 0 Å². The van der Waals surface area contributed by atoms with Crippen molar-refractivity contribution in [2.45, 2.75) is 25.6 Å². The molecule has 0 N–H and O–H groups in total. The van der Waals surface area contributed by atoms with Crippen LogP contribution in [0.5, 0.6) is 0 Å². The predicted molar refractivity (Wildman–Crippen MR) is 62.4 cm³/mol. The van der Waals surface area contributed by atoms with Gasteiger partial charge in [0.15, 0.2) is 0 Å². The van der Waals surface area contributed by atoms with Crippen molar-refractivity contribution >= 4 is 17.5 Å². The number of halogens is 1. The average Bonchev–Trinajstić information content (AvgIpc) is 2.22. The molecule has 3 nitrogen and oxygen atoms in total. The van der Waals surface area contributed by atoms with Gasteiger partial charge in [-0.3, -0.25) is 0 Å². The fraction of sp³-hybridized carbons (Fsp3) is 0.636. The fourth-order valence-electron chi connectivity index (χ4n) is 1.79. The number of hydrogen-bond donors (Lipinski definition) is 0. The Balaban J connectivity index is 2.12. The minimum absolute atomic E-state index is 0.211. The summed E-state index contributed by atoms with van der Waals surface area (Å²) >= 11 is 6.25. The Kier molecular flexibility index (Phi) is 3.10. The number of rotatable bonds is 1. The molecule has 0 saturated carbocycles. The van der Waals surface area contributed by atoms with E-state index < -0.39 is 0 Å². The summed E-state index contributed by atoms with van der Waals surface area (Å²) < 4.78 is 0. The van der Waals surface area contributed by atoms with Crippen molar-refractivity contribution in [2.75, 3.05) is 18.0 Å². The maximum Gasteiger partial charge on any atom is 0.225 e. The van der Waals surface area contributed by atoms with Crippen LogP contribution in [0.2, 0.25) is 0 Å². The highest BCUT2D eigenvalue weighted by atomic mass is 35.5. The van der Waals surface area contributed by atoms with Gasteiger partial charge in [-0.05, 0) is 25.3 Å². The van der Waals surface area contributed by atoms with E-state index in [1.807, 2.05) is 13.0 Å². The van der Waals surface area contributed by atoms with E-state index in [1.165, 1.54) is 0 Å². The molecule has 1 aliphatic heterocycles. The van der Waals surface area contributed by atoms with Crippen LogP contribution in [0.4, 0.5) is 5.95 Å². The summed E-state index contributed by atoms with van der Waals surface area (Å²) in [6.07, 6.45) is 2.92. The number of aromatic nitrogens is 2. The molecule has 0 amide bonds. The summed E-state index contributed by atoms with van der Waals surface area (Å²) in [7, 11) is 0. The monoisotopic (exact) mass is 225 g/mol. The third-order valence-corrected chi connectivity index (χ3v) is 3.50. The third kappa shape index (κ3) is 2.40. The SMILES string of the molecule is Cc1ccnc(N2CCC(C)C(Cl)C2)n1. The molecule has 0 bridgehead atoms. The summed E-state index contributed by atoms with van der Waals surface area (Å²) in [6, 6.07) is 1.91. The van der Waals surface area contributed by atoms with Crippen LogP contribution in [0.15, 0.2) is 12.3 Å². The number of nitrogens with zero attached hydrogens (tertiary/aromatic N) is 3. The summed E-state index contributed by atoms with van der Waals surface area (Å²) in [6.45, 7) is 6.04. The molecule has 1 fully saturated rings. The maximum absolute atomic E-state index is 6.25. The van der Waals surface area contributed by atoms with Gasteiger partial charge in [-0.15, -0.1) is 11.6 Å². The number of hydrogen-bond acceptors (Lipinski definition) is 3. The standard InChI is InChI=1S/C11H16ClN3/c1-8-4-6-15(7-10(8)12)11-13-5-3-9(2)14-11/h3,5,8,10H,4,6-7H2,1-2H3. The first kappa shape index (κ1) is 10.7. The van der Waals surface area contributed by atoms with E-state index in [1.54, 1.807) is 6.20 Å². The Morgan fingerprint density at radius 3 is 3.00 bits per heavy atom. The van der Waals surface area contributed by atoms with Gasteiger partial charge in [-0.1, -0.05) is 6.92 Å². The van der Waals surface area contributed by atoms with Crippen LogP contribution in [-0.2, 0) is 0 Å². The molecular formula is C11H16ClN3. The zero-order valence-electron chi connectivity index (χ0n) is 9.15. The van der Waals surface area contributed by atoms with E-state index >= 15 is 0 Å². The summed E-state index contributed by atoms with van der Waals surface area (Å²) in [4.78, 5) is 10.9. The molecule has 0 aromatic carbocycles. The molecule has 2 rings (SSSR count). The first-order valence-electron chi connectivity index (χ1n) is 5.35. The van der Waals surface area contributed by atoms with Crippen molar-refractivity contribution in [2.24, 2.45) is 5.92 Å². The smallest absolute Gasteiger partial charge is 0.225 e.